The molecule has 154 valence electrons. The van der Waals surface area contributed by atoms with Crippen LogP contribution in [0.3, 0.4) is 0 Å². The van der Waals surface area contributed by atoms with E-state index in [9.17, 15) is 9.59 Å². The van der Waals surface area contributed by atoms with E-state index >= 15 is 0 Å². The first-order valence-corrected chi connectivity index (χ1v) is 9.68. The first kappa shape index (κ1) is 20.8. The molecule has 1 saturated heterocycles. The number of nitrogens with one attached hydrogen (secondary N) is 2. The van der Waals surface area contributed by atoms with Gasteiger partial charge in [0.15, 0.2) is 0 Å². The lowest BCUT2D eigenvalue weighted by Crippen LogP contribution is -2.45. The molecule has 1 aliphatic heterocycles. The molecule has 2 amide bonds. The summed E-state index contributed by atoms with van der Waals surface area (Å²) in [7, 11) is 1.57. The van der Waals surface area contributed by atoms with Crippen LogP contribution in [0.1, 0.15) is 17.2 Å². The quantitative estimate of drug-likeness (QED) is 0.730. The van der Waals surface area contributed by atoms with E-state index in [4.69, 9.17) is 9.47 Å². The zero-order chi connectivity index (χ0) is 20.6. The third-order valence-corrected chi connectivity index (χ3v) is 4.96. The van der Waals surface area contributed by atoms with E-state index < -0.39 is 11.8 Å². The van der Waals surface area contributed by atoms with Crippen molar-refractivity contribution in [2.75, 3.05) is 45.3 Å². The Balaban J connectivity index is 1.61. The summed E-state index contributed by atoms with van der Waals surface area (Å²) in [6, 6.07) is 15.1. The van der Waals surface area contributed by atoms with Crippen molar-refractivity contribution in [2.24, 2.45) is 0 Å². The van der Waals surface area contributed by atoms with Crippen LogP contribution in [0.2, 0.25) is 0 Å². The van der Waals surface area contributed by atoms with Crippen LogP contribution in [-0.2, 0) is 14.3 Å². The highest BCUT2D eigenvalue weighted by Crippen LogP contribution is 2.22. The number of anilines is 1. The van der Waals surface area contributed by atoms with Gasteiger partial charge in [-0.15, -0.1) is 0 Å². The van der Waals surface area contributed by atoms with E-state index in [-0.39, 0.29) is 6.04 Å². The summed E-state index contributed by atoms with van der Waals surface area (Å²) in [5, 5.41) is 5.38. The van der Waals surface area contributed by atoms with Gasteiger partial charge in [-0.25, -0.2) is 0 Å². The maximum atomic E-state index is 12.4. The highest BCUT2D eigenvalue weighted by atomic mass is 16.5. The summed E-state index contributed by atoms with van der Waals surface area (Å²) in [5.74, 6) is -0.676. The molecule has 0 bridgehead atoms. The fraction of sp³-hybridized carbons (Fsp3) is 0.364. The monoisotopic (exact) mass is 397 g/mol. The Labute approximate surface area is 171 Å². The van der Waals surface area contributed by atoms with E-state index in [1.807, 2.05) is 6.92 Å². The second-order valence-electron chi connectivity index (χ2n) is 6.97. The van der Waals surface area contributed by atoms with Gasteiger partial charge < -0.3 is 20.1 Å². The highest BCUT2D eigenvalue weighted by Gasteiger charge is 2.24. The van der Waals surface area contributed by atoms with Gasteiger partial charge in [-0.3, -0.25) is 14.5 Å². The van der Waals surface area contributed by atoms with Gasteiger partial charge >= 0.3 is 11.8 Å². The molecule has 2 N–H and O–H groups in total. The van der Waals surface area contributed by atoms with Crippen molar-refractivity contribution >= 4 is 17.5 Å². The molecule has 2 aromatic carbocycles. The molecule has 0 radical (unpaired) electrons. The molecule has 1 aliphatic rings. The molecular weight excluding hydrogens is 370 g/mol. The molecular formula is C22H27N3O4. The minimum Gasteiger partial charge on any atom is -0.497 e. The van der Waals surface area contributed by atoms with Crippen LogP contribution in [0, 0.1) is 6.92 Å². The number of nitrogens with zero attached hydrogens (tertiary/aromatic N) is 1. The number of carbonyl (C=O) groups excluding carboxylic acids is 2. The molecule has 0 saturated carbocycles. The van der Waals surface area contributed by atoms with E-state index in [1.54, 1.807) is 31.4 Å². The van der Waals surface area contributed by atoms with Crippen LogP contribution >= 0.6 is 0 Å². The zero-order valence-electron chi connectivity index (χ0n) is 16.8. The standard InChI is InChI=1S/C22H27N3O4/c1-16-3-5-17(6-4-16)20(25-11-13-29-14-12-25)15-23-21(26)22(27)24-18-7-9-19(28-2)10-8-18/h3-10,20H,11-15H2,1-2H3,(H,23,26)(H,24,27)/t20-/m0/s1. The lowest BCUT2D eigenvalue weighted by Gasteiger charge is -2.35. The Bertz CT molecular complexity index is 815. The maximum Gasteiger partial charge on any atom is 0.313 e. The fourth-order valence-electron chi connectivity index (χ4n) is 3.27. The molecule has 0 unspecified atom stereocenters. The van der Waals surface area contributed by atoms with Gasteiger partial charge in [-0.05, 0) is 36.8 Å². The Morgan fingerprint density at radius 3 is 2.31 bits per heavy atom. The van der Waals surface area contributed by atoms with Crippen molar-refractivity contribution in [1.29, 1.82) is 0 Å². The number of ether oxygens (including phenoxy) is 2. The van der Waals surface area contributed by atoms with Crippen LogP contribution in [-0.4, -0.2) is 56.7 Å². The largest absolute Gasteiger partial charge is 0.497 e. The van der Waals surface area contributed by atoms with Crippen molar-refractivity contribution in [3.05, 3.63) is 59.7 Å². The first-order valence-electron chi connectivity index (χ1n) is 9.68. The number of benzene rings is 2. The number of methoxy groups -OCH3 is 1. The Morgan fingerprint density at radius 1 is 1.03 bits per heavy atom. The highest BCUT2D eigenvalue weighted by molar-refractivity contribution is 6.39. The number of hydrogen-bond acceptors (Lipinski definition) is 5. The van der Waals surface area contributed by atoms with E-state index in [1.165, 1.54) is 5.56 Å². The summed E-state index contributed by atoms with van der Waals surface area (Å²) in [4.78, 5) is 26.9. The average molecular weight is 397 g/mol. The SMILES string of the molecule is COc1ccc(NC(=O)C(=O)NC[C@@H](c2ccc(C)cc2)N2CCOCC2)cc1. The number of hydrogen-bond donors (Lipinski definition) is 2. The molecule has 0 spiro atoms. The van der Waals surface area contributed by atoms with E-state index in [0.29, 0.717) is 31.2 Å². The predicted molar refractivity (Wildman–Crippen MR) is 111 cm³/mol. The number of rotatable bonds is 6. The normalized spacial score (nSPS) is 15.4. The molecule has 7 nitrogen and oxygen atoms in total. The summed E-state index contributed by atoms with van der Waals surface area (Å²) < 4.78 is 10.5. The van der Waals surface area contributed by atoms with Gasteiger partial charge in [0.05, 0.1) is 26.4 Å². The second kappa shape index (κ2) is 10.0. The molecule has 29 heavy (non-hydrogen) atoms. The summed E-state index contributed by atoms with van der Waals surface area (Å²) in [5.41, 5.74) is 2.82. The van der Waals surface area contributed by atoms with Crippen molar-refractivity contribution in [3.8, 4) is 5.75 Å². The Kier molecular flexibility index (Phi) is 7.21. The molecule has 1 heterocycles. The van der Waals surface area contributed by atoms with Crippen LogP contribution in [0.4, 0.5) is 5.69 Å². The predicted octanol–water partition coefficient (Wildman–Crippen LogP) is 2.13. The maximum absolute atomic E-state index is 12.4. The fourth-order valence-corrected chi connectivity index (χ4v) is 3.27. The van der Waals surface area contributed by atoms with Crippen LogP contribution in [0.5, 0.6) is 5.75 Å². The van der Waals surface area contributed by atoms with E-state index in [2.05, 4.69) is 39.8 Å². The lowest BCUT2D eigenvalue weighted by molar-refractivity contribution is -0.136. The summed E-state index contributed by atoms with van der Waals surface area (Å²) in [6.07, 6.45) is 0. The first-order chi connectivity index (χ1) is 14.1. The van der Waals surface area contributed by atoms with Gasteiger partial charge in [-0.1, -0.05) is 29.8 Å². The second-order valence-corrected chi connectivity index (χ2v) is 6.97. The average Bonchev–Trinajstić information content (AvgIpc) is 2.76. The van der Waals surface area contributed by atoms with Crippen molar-refractivity contribution in [1.82, 2.24) is 10.2 Å². The van der Waals surface area contributed by atoms with Gasteiger partial charge in [0, 0.05) is 25.3 Å². The van der Waals surface area contributed by atoms with Crippen molar-refractivity contribution < 1.29 is 19.1 Å². The molecule has 3 rings (SSSR count). The van der Waals surface area contributed by atoms with Crippen LogP contribution in [0.15, 0.2) is 48.5 Å². The molecule has 2 aromatic rings. The molecule has 7 heteroatoms. The molecule has 0 aliphatic carbocycles. The van der Waals surface area contributed by atoms with E-state index in [0.717, 1.165) is 18.7 Å². The number of morpholine rings is 1. The molecule has 0 aromatic heterocycles. The topological polar surface area (TPSA) is 79.9 Å². The number of aryl methyl sites for hydroxylation is 1. The summed E-state index contributed by atoms with van der Waals surface area (Å²) in [6.45, 7) is 5.28. The number of amides is 2. The summed E-state index contributed by atoms with van der Waals surface area (Å²) >= 11 is 0. The molecule has 1 fully saturated rings. The minimum absolute atomic E-state index is 0.0164. The van der Waals surface area contributed by atoms with Gasteiger partial charge in [0.1, 0.15) is 5.75 Å². The number of carbonyl (C=O) groups is 2. The smallest absolute Gasteiger partial charge is 0.313 e. The van der Waals surface area contributed by atoms with Crippen LogP contribution in [0.25, 0.3) is 0 Å². The zero-order valence-corrected chi connectivity index (χ0v) is 16.8. The Morgan fingerprint density at radius 2 is 1.69 bits per heavy atom. The third-order valence-electron chi connectivity index (χ3n) is 4.96. The molecule has 1 atom stereocenters. The van der Waals surface area contributed by atoms with Crippen LogP contribution < -0.4 is 15.4 Å². The van der Waals surface area contributed by atoms with Gasteiger partial charge in [0.25, 0.3) is 0 Å². The van der Waals surface area contributed by atoms with Gasteiger partial charge in [0.2, 0.25) is 0 Å². The van der Waals surface area contributed by atoms with Gasteiger partial charge in [-0.2, -0.15) is 0 Å². The van der Waals surface area contributed by atoms with Crippen molar-refractivity contribution in [3.63, 3.8) is 0 Å². The Hall–Kier alpha value is -2.90. The lowest BCUT2D eigenvalue weighted by atomic mass is 10.0. The van der Waals surface area contributed by atoms with Crippen molar-refractivity contribution in [2.45, 2.75) is 13.0 Å². The minimum atomic E-state index is -0.695. The third kappa shape index (κ3) is 5.79.